The van der Waals surface area contributed by atoms with Crippen molar-refractivity contribution in [2.24, 2.45) is 5.92 Å². The molecule has 9 heteroatoms. The third-order valence-corrected chi connectivity index (χ3v) is 7.60. The Morgan fingerprint density at radius 1 is 1.31 bits per heavy atom. The van der Waals surface area contributed by atoms with Crippen LogP contribution >= 0.6 is 39.0 Å². The van der Waals surface area contributed by atoms with E-state index in [1.807, 2.05) is 24.3 Å². The maximum Gasteiger partial charge on any atom is 0.328 e. The monoisotopic (exact) mass is 497 g/mol. The molecule has 0 saturated heterocycles. The summed E-state index contributed by atoms with van der Waals surface area (Å²) >= 11 is 5.95. The average Bonchev–Trinajstić information content (AvgIpc) is 3.32. The zero-order valence-electron chi connectivity index (χ0n) is 16.4. The number of benzene rings is 1. The van der Waals surface area contributed by atoms with E-state index in [1.54, 1.807) is 24.9 Å². The molecule has 3 rings (SSSR count). The number of carbonyl (C=O) groups excluding carboxylic acids is 1. The van der Waals surface area contributed by atoms with Gasteiger partial charge in [-0.3, -0.25) is 15.0 Å². The predicted molar refractivity (Wildman–Crippen MR) is 122 cm³/mol. The Morgan fingerprint density at radius 3 is 2.59 bits per heavy atom. The lowest BCUT2D eigenvalue weighted by molar-refractivity contribution is -0.138. The SMILES string of the molecule is CC(C)(Sc1cnc(NC(=O)N(CC2CCCC2)c2ccc(Br)cc2)s1)C(=O)O. The van der Waals surface area contributed by atoms with Crippen LogP contribution in [0.2, 0.25) is 0 Å². The molecule has 1 aliphatic carbocycles. The number of carboxylic acid groups (broad SMARTS) is 1. The molecule has 2 aromatic rings. The van der Waals surface area contributed by atoms with Crippen molar-refractivity contribution < 1.29 is 14.7 Å². The van der Waals surface area contributed by atoms with E-state index in [2.05, 4.69) is 26.2 Å². The summed E-state index contributed by atoms with van der Waals surface area (Å²) in [4.78, 5) is 30.4. The fourth-order valence-electron chi connectivity index (χ4n) is 3.20. The Bertz CT molecular complexity index is 864. The van der Waals surface area contributed by atoms with E-state index in [1.165, 1.54) is 35.9 Å². The second kappa shape index (κ2) is 9.49. The topological polar surface area (TPSA) is 82.5 Å². The van der Waals surface area contributed by atoms with Gasteiger partial charge in [0.1, 0.15) is 4.75 Å². The molecule has 2 amide bonds. The fourth-order valence-corrected chi connectivity index (χ4v) is 5.72. The van der Waals surface area contributed by atoms with E-state index in [-0.39, 0.29) is 6.03 Å². The van der Waals surface area contributed by atoms with E-state index in [4.69, 9.17) is 0 Å². The van der Waals surface area contributed by atoms with Crippen molar-refractivity contribution in [1.29, 1.82) is 0 Å². The van der Waals surface area contributed by atoms with Crippen LogP contribution in [-0.4, -0.2) is 33.4 Å². The first kappa shape index (κ1) is 22.1. The molecule has 0 atom stereocenters. The van der Waals surface area contributed by atoms with Crippen LogP contribution in [0.5, 0.6) is 0 Å². The van der Waals surface area contributed by atoms with Crippen molar-refractivity contribution in [2.75, 3.05) is 16.8 Å². The molecule has 0 bridgehead atoms. The van der Waals surface area contributed by atoms with Crippen molar-refractivity contribution in [2.45, 2.75) is 48.5 Å². The van der Waals surface area contributed by atoms with Gasteiger partial charge in [0.25, 0.3) is 0 Å². The number of anilines is 2. The first-order valence-electron chi connectivity index (χ1n) is 9.47. The van der Waals surface area contributed by atoms with Gasteiger partial charge in [0.05, 0.1) is 10.4 Å². The fraction of sp³-hybridized carbons (Fsp3) is 0.450. The van der Waals surface area contributed by atoms with Crippen molar-refractivity contribution in [3.8, 4) is 0 Å². The predicted octanol–water partition coefficient (Wildman–Crippen LogP) is 6.09. The molecule has 1 fully saturated rings. The molecule has 0 aliphatic heterocycles. The Kier molecular flexibility index (Phi) is 7.23. The highest BCUT2D eigenvalue weighted by molar-refractivity contribution is 9.10. The molecule has 0 spiro atoms. The molecule has 156 valence electrons. The van der Waals surface area contributed by atoms with Gasteiger partial charge in [0.15, 0.2) is 5.13 Å². The summed E-state index contributed by atoms with van der Waals surface area (Å²) in [5.74, 6) is -0.386. The van der Waals surface area contributed by atoms with Crippen LogP contribution in [0.25, 0.3) is 0 Å². The summed E-state index contributed by atoms with van der Waals surface area (Å²) in [6.45, 7) is 3.97. The second-order valence-electron chi connectivity index (χ2n) is 7.57. The summed E-state index contributed by atoms with van der Waals surface area (Å²) in [6, 6.07) is 7.49. The molecule has 1 aromatic heterocycles. The van der Waals surface area contributed by atoms with Crippen LogP contribution in [0.3, 0.4) is 0 Å². The van der Waals surface area contributed by atoms with Crippen molar-refractivity contribution in [1.82, 2.24) is 4.98 Å². The van der Waals surface area contributed by atoms with Gasteiger partial charge in [0, 0.05) is 16.7 Å². The van der Waals surface area contributed by atoms with Gasteiger partial charge in [-0.05, 0) is 56.9 Å². The minimum absolute atomic E-state index is 0.220. The number of hydrogen-bond donors (Lipinski definition) is 2. The standard InChI is InChI=1S/C20H24BrN3O3S2/c1-20(2,17(25)26)29-16-11-22-18(28-16)23-19(27)24(12-13-5-3-4-6-13)15-9-7-14(21)8-10-15/h7-11,13H,3-6,12H2,1-2H3,(H,25,26)(H,22,23,27). The Morgan fingerprint density at radius 2 is 1.97 bits per heavy atom. The number of thioether (sulfide) groups is 1. The van der Waals surface area contributed by atoms with Crippen LogP contribution < -0.4 is 10.2 Å². The summed E-state index contributed by atoms with van der Waals surface area (Å²) in [5, 5.41) is 12.6. The molecule has 2 N–H and O–H groups in total. The van der Waals surface area contributed by atoms with Gasteiger partial charge in [-0.1, -0.05) is 51.9 Å². The molecule has 0 radical (unpaired) electrons. The Balaban J connectivity index is 1.72. The lowest BCUT2D eigenvalue weighted by Crippen LogP contribution is -2.38. The van der Waals surface area contributed by atoms with Crippen LogP contribution in [-0.2, 0) is 4.79 Å². The number of halogens is 1. The molecular formula is C20H24BrN3O3S2. The highest BCUT2D eigenvalue weighted by atomic mass is 79.9. The number of aromatic nitrogens is 1. The number of urea groups is 1. The smallest absolute Gasteiger partial charge is 0.328 e. The molecule has 1 aliphatic rings. The van der Waals surface area contributed by atoms with Gasteiger partial charge in [-0.2, -0.15) is 0 Å². The van der Waals surface area contributed by atoms with E-state index >= 15 is 0 Å². The van der Waals surface area contributed by atoms with Crippen molar-refractivity contribution >= 4 is 61.8 Å². The van der Waals surface area contributed by atoms with E-state index in [9.17, 15) is 14.7 Å². The molecule has 29 heavy (non-hydrogen) atoms. The van der Waals surface area contributed by atoms with Crippen LogP contribution in [0.1, 0.15) is 39.5 Å². The van der Waals surface area contributed by atoms with E-state index in [0.29, 0.717) is 17.6 Å². The molecule has 6 nitrogen and oxygen atoms in total. The number of nitrogens with one attached hydrogen (secondary N) is 1. The summed E-state index contributed by atoms with van der Waals surface area (Å²) in [7, 11) is 0. The molecule has 1 saturated carbocycles. The number of carbonyl (C=O) groups is 2. The number of thiazole rings is 1. The maximum absolute atomic E-state index is 13.1. The van der Waals surface area contributed by atoms with Crippen molar-refractivity contribution in [3.63, 3.8) is 0 Å². The van der Waals surface area contributed by atoms with Crippen LogP contribution in [0, 0.1) is 5.92 Å². The third-order valence-electron chi connectivity index (χ3n) is 4.87. The highest BCUT2D eigenvalue weighted by Crippen LogP contribution is 2.37. The van der Waals surface area contributed by atoms with E-state index < -0.39 is 10.7 Å². The average molecular weight is 498 g/mol. The summed E-state index contributed by atoms with van der Waals surface area (Å²) < 4.78 is 0.753. The van der Waals surface area contributed by atoms with Crippen LogP contribution in [0.4, 0.5) is 15.6 Å². The molecule has 1 heterocycles. The summed E-state index contributed by atoms with van der Waals surface area (Å²) in [5.41, 5.74) is 0.843. The quantitative estimate of drug-likeness (QED) is 0.452. The lowest BCUT2D eigenvalue weighted by atomic mass is 10.1. The first-order chi connectivity index (χ1) is 13.7. The second-order valence-corrected chi connectivity index (χ2v) is 11.4. The zero-order valence-corrected chi connectivity index (χ0v) is 19.6. The van der Waals surface area contributed by atoms with Crippen LogP contribution in [0.15, 0.2) is 39.1 Å². The van der Waals surface area contributed by atoms with E-state index in [0.717, 1.165) is 27.2 Å². The van der Waals surface area contributed by atoms with Gasteiger partial charge in [-0.15, -0.1) is 0 Å². The summed E-state index contributed by atoms with van der Waals surface area (Å²) in [6.07, 6.45) is 6.32. The number of hydrogen-bond acceptors (Lipinski definition) is 5. The number of rotatable bonds is 7. The maximum atomic E-state index is 13.1. The Labute approximate surface area is 187 Å². The number of nitrogens with zero attached hydrogens (tertiary/aromatic N) is 2. The van der Waals surface area contributed by atoms with Gasteiger partial charge < -0.3 is 5.11 Å². The van der Waals surface area contributed by atoms with Crippen molar-refractivity contribution in [3.05, 3.63) is 34.9 Å². The largest absolute Gasteiger partial charge is 0.480 e. The Hall–Kier alpha value is -1.58. The molecule has 0 unspecified atom stereocenters. The first-order valence-corrected chi connectivity index (χ1v) is 11.9. The minimum atomic E-state index is -0.959. The highest BCUT2D eigenvalue weighted by Gasteiger charge is 2.30. The van der Waals surface area contributed by atoms with Gasteiger partial charge >= 0.3 is 12.0 Å². The minimum Gasteiger partial charge on any atom is -0.480 e. The normalized spacial score (nSPS) is 14.7. The number of carboxylic acids is 1. The number of aliphatic carboxylic acids is 1. The number of amides is 2. The zero-order chi connectivity index (χ0) is 21.0. The molecule has 1 aromatic carbocycles. The third kappa shape index (κ3) is 5.96. The lowest BCUT2D eigenvalue weighted by Gasteiger charge is -2.25. The van der Waals surface area contributed by atoms with Gasteiger partial charge in [0.2, 0.25) is 0 Å². The molecular weight excluding hydrogens is 474 g/mol. The van der Waals surface area contributed by atoms with Gasteiger partial charge in [-0.25, -0.2) is 9.78 Å².